The van der Waals surface area contributed by atoms with E-state index in [2.05, 4.69) is 80.7 Å². The van der Waals surface area contributed by atoms with Gasteiger partial charge in [0, 0.05) is 12.2 Å². The van der Waals surface area contributed by atoms with Crippen molar-refractivity contribution in [1.29, 1.82) is 0 Å². The van der Waals surface area contributed by atoms with Gasteiger partial charge in [0.2, 0.25) is 0 Å². The van der Waals surface area contributed by atoms with E-state index < -0.39 is 0 Å². The summed E-state index contributed by atoms with van der Waals surface area (Å²) in [6.45, 7) is 12.0. The summed E-state index contributed by atoms with van der Waals surface area (Å²) in [6.07, 6.45) is 0. The van der Waals surface area contributed by atoms with Gasteiger partial charge in [-0.15, -0.1) is 0 Å². The normalized spacial score (nSPS) is 21.5. The molecule has 22 heavy (non-hydrogen) atoms. The Bertz CT molecular complexity index is 569. The fourth-order valence-electron chi connectivity index (χ4n) is 3.34. The Labute approximate surface area is 135 Å². The molecule has 0 aromatic heterocycles. The van der Waals surface area contributed by atoms with Crippen molar-refractivity contribution in [3.05, 3.63) is 65.7 Å². The van der Waals surface area contributed by atoms with Crippen molar-refractivity contribution in [1.82, 2.24) is 0 Å². The quantitative estimate of drug-likeness (QED) is 0.743. The lowest BCUT2D eigenvalue weighted by Gasteiger charge is -2.06. The lowest BCUT2D eigenvalue weighted by molar-refractivity contribution is 0.565. The molecule has 0 saturated heterocycles. The van der Waals surface area contributed by atoms with Gasteiger partial charge in [-0.05, 0) is 41.9 Å². The van der Waals surface area contributed by atoms with Crippen LogP contribution in [-0.4, -0.2) is 6.54 Å². The first-order valence-electron chi connectivity index (χ1n) is 8.44. The monoisotopic (exact) mass is 295 g/mol. The average molecular weight is 295 g/mol. The highest BCUT2D eigenvalue weighted by molar-refractivity contribution is 5.44. The Morgan fingerprint density at radius 3 is 2.09 bits per heavy atom. The van der Waals surface area contributed by atoms with Crippen LogP contribution in [0, 0.1) is 18.3 Å². The predicted molar refractivity (Wildman–Crippen MR) is 97.5 cm³/mol. The molecule has 0 bridgehead atoms. The summed E-state index contributed by atoms with van der Waals surface area (Å²) in [4.78, 5) is 0. The molecule has 0 spiro atoms. The maximum absolute atomic E-state index is 3.57. The smallest absolute Gasteiger partial charge is 0.0340 e. The minimum Gasteiger partial charge on any atom is -0.385 e. The van der Waals surface area contributed by atoms with Crippen molar-refractivity contribution >= 4 is 5.69 Å². The molecule has 2 atom stereocenters. The van der Waals surface area contributed by atoms with Crippen LogP contribution < -0.4 is 5.32 Å². The molecule has 1 saturated carbocycles. The molecule has 1 aliphatic rings. The zero-order valence-electron chi connectivity index (χ0n) is 14.6. The minimum absolute atomic E-state index is 0.400. The number of aryl methyl sites for hydroxylation is 1. The molecule has 2 aromatic carbocycles. The van der Waals surface area contributed by atoms with E-state index in [4.69, 9.17) is 0 Å². The van der Waals surface area contributed by atoms with E-state index in [1.165, 1.54) is 16.8 Å². The maximum atomic E-state index is 3.57. The second-order valence-electron chi connectivity index (χ2n) is 6.56. The first kappa shape index (κ1) is 16.6. The molecule has 0 heterocycles. The average Bonchev–Trinajstić information content (AvgIpc) is 3.10. The first-order chi connectivity index (χ1) is 10.6. The van der Waals surface area contributed by atoms with E-state index in [9.17, 15) is 0 Å². The van der Waals surface area contributed by atoms with Gasteiger partial charge >= 0.3 is 0 Å². The summed E-state index contributed by atoms with van der Waals surface area (Å²) in [5.74, 6) is 1.39. The fourth-order valence-corrected chi connectivity index (χ4v) is 3.34. The van der Waals surface area contributed by atoms with E-state index in [0.29, 0.717) is 17.3 Å². The van der Waals surface area contributed by atoms with Crippen LogP contribution in [0.25, 0.3) is 0 Å². The fraction of sp³-hybridized carbons (Fsp3) is 0.429. The molecule has 2 unspecified atom stereocenters. The number of para-hydroxylation sites is 1. The van der Waals surface area contributed by atoms with E-state index in [0.717, 1.165) is 6.54 Å². The highest BCUT2D eigenvalue weighted by Gasteiger charge is 2.57. The maximum Gasteiger partial charge on any atom is 0.0340 e. The summed E-state index contributed by atoms with van der Waals surface area (Å²) < 4.78 is 0. The number of hydrogen-bond donors (Lipinski definition) is 1. The van der Waals surface area contributed by atoms with Gasteiger partial charge in [-0.1, -0.05) is 75.7 Å². The lowest BCUT2D eigenvalue weighted by Crippen LogP contribution is -2.06. The van der Waals surface area contributed by atoms with Crippen molar-refractivity contribution in [3.8, 4) is 0 Å². The molecule has 1 N–H and O–H groups in total. The van der Waals surface area contributed by atoms with Gasteiger partial charge in [-0.25, -0.2) is 0 Å². The molecule has 1 aliphatic carbocycles. The van der Waals surface area contributed by atoms with E-state index in [1.54, 1.807) is 0 Å². The van der Waals surface area contributed by atoms with Crippen LogP contribution in [-0.2, 0) is 0 Å². The van der Waals surface area contributed by atoms with Gasteiger partial charge in [0.05, 0.1) is 0 Å². The van der Waals surface area contributed by atoms with Crippen molar-refractivity contribution in [2.24, 2.45) is 11.3 Å². The van der Waals surface area contributed by atoms with Crippen LogP contribution in [0.1, 0.15) is 44.7 Å². The molecule has 1 fully saturated rings. The zero-order chi connectivity index (χ0) is 16.2. The molecule has 2 aromatic rings. The van der Waals surface area contributed by atoms with Crippen LogP contribution in [0.2, 0.25) is 0 Å². The van der Waals surface area contributed by atoms with Gasteiger partial charge < -0.3 is 5.32 Å². The highest BCUT2D eigenvalue weighted by Crippen LogP contribution is 2.64. The third-order valence-electron chi connectivity index (χ3n) is 4.79. The number of hydrogen-bond acceptors (Lipinski definition) is 1. The van der Waals surface area contributed by atoms with E-state index >= 15 is 0 Å². The van der Waals surface area contributed by atoms with E-state index in [1.807, 2.05) is 13.8 Å². The minimum atomic E-state index is 0.400. The first-order valence-corrected chi connectivity index (χ1v) is 8.44. The van der Waals surface area contributed by atoms with Crippen molar-refractivity contribution < 1.29 is 0 Å². The summed E-state index contributed by atoms with van der Waals surface area (Å²) in [6, 6.07) is 19.5. The molecular formula is C21H29N. The van der Waals surface area contributed by atoms with Gasteiger partial charge in [0.15, 0.2) is 0 Å². The summed E-state index contributed by atoms with van der Waals surface area (Å²) in [5, 5.41) is 3.57. The number of anilines is 1. The van der Waals surface area contributed by atoms with Gasteiger partial charge in [-0.2, -0.15) is 0 Å². The highest BCUT2D eigenvalue weighted by atomic mass is 14.9. The van der Waals surface area contributed by atoms with Crippen molar-refractivity contribution in [3.63, 3.8) is 0 Å². The standard InChI is InChI=1S/C19H23N.C2H6/c1-14-9-11-15(12-10-14)18-17(19(18,2)3)13-20-16-7-5-4-6-8-16;1-2/h4-12,17-18,20H,13H2,1-3H3;1-2H3. The summed E-state index contributed by atoms with van der Waals surface area (Å²) in [5.41, 5.74) is 4.45. The topological polar surface area (TPSA) is 12.0 Å². The Morgan fingerprint density at radius 2 is 1.50 bits per heavy atom. The van der Waals surface area contributed by atoms with Crippen LogP contribution in [0.4, 0.5) is 5.69 Å². The van der Waals surface area contributed by atoms with Gasteiger partial charge in [-0.3, -0.25) is 0 Å². The Kier molecular flexibility index (Phi) is 5.28. The molecule has 0 aliphatic heterocycles. The third-order valence-corrected chi connectivity index (χ3v) is 4.79. The van der Waals surface area contributed by atoms with Crippen LogP contribution in [0.5, 0.6) is 0 Å². The SMILES string of the molecule is CC.Cc1ccc(C2C(CNc3ccccc3)C2(C)C)cc1. The summed E-state index contributed by atoms with van der Waals surface area (Å²) in [7, 11) is 0. The molecule has 0 radical (unpaired) electrons. The summed E-state index contributed by atoms with van der Waals surface area (Å²) >= 11 is 0. The molecule has 118 valence electrons. The lowest BCUT2D eigenvalue weighted by atomic mass is 10.0. The number of rotatable bonds is 4. The molecule has 1 nitrogen and oxygen atoms in total. The van der Waals surface area contributed by atoms with Crippen LogP contribution in [0.15, 0.2) is 54.6 Å². The second-order valence-corrected chi connectivity index (χ2v) is 6.56. The molecule has 0 amide bonds. The Morgan fingerprint density at radius 1 is 0.909 bits per heavy atom. The molecular weight excluding hydrogens is 266 g/mol. The van der Waals surface area contributed by atoms with Gasteiger partial charge in [0.1, 0.15) is 0 Å². The van der Waals surface area contributed by atoms with Crippen molar-refractivity contribution in [2.75, 3.05) is 11.9 Å². The second kappa shape index (κ2) is 7.00. The zero-order valence-corrected chi connectivity index (χ0v) is 14.6. The number of nitrogens with one attached hydrogen (secondary N) is 1. The van der Waals surface area contributed by atoms with Crippen molar-refractivity contribution in [2.45, 2.75) is 40.5 Å². The number of benzene rings is 2. The Hall–Kier alpha value is -1.76. The third kappa shape index (κ3) is 3.52. The van der Waals surface area contributed by atoms with Crippen LogP contribution in [0.3, 0.4) is 0 Å². The van der Waals surface area contributed by atoms with Crippen LogP contribution >= 0.6 is 0 Å². The molecule has 1 heteroatoms. The van der Waals surface area contributed by atoms with Gasteiger partial charge in [0.25, 0.3) is 0 Å². The molecule has 3 rings (SSSR count). The van der Waals surface area contributed by atoms with E-state index in [-0.39, 0.29) is 0 Å². The Balaban J connectivity index is 0.000000847. The largest absolute Gasteiger partial charge is 0.385 e. The predicted octanol–water partition coefficient (Wildman–Crippen LogP) is 5.87.